The summed E-state index contributed by atoms with van der Waals surface area (Å²) in [4.78, 5) is 12.3. The van der Waals surface area contributed by atoms with Crippen LogP contribution >= 0.6 is 0 Å². The zero-order valence-corrected chi connectivity index (χ0v) is 31.5. The Morgan fingerprint density at radius 3 is 1.23 bits per heavy atom. The first-order chi connectivity index (χ1) is 23.2. The monoisotopic (exact) mass is 660 g/mol. The van der Waals surface area contributed by atoms with Gasteiger partial charge in [-0.3, -0.25) is 4.79 Å². The average molecular weight is 660 g/mol. The fourth-order valence-electron chi connectivity index (χ4n) is 6.13. The molecule has 1 amide bonds. The van der Waals surface area contributed by atoms with Crippen LogP contribution < -0.4 is 5.32 Å². The maximum Gasteiger partial charge on any atom is 0.220 e. The Hall–Kier alpha value is -1.39. The van der Waals surface area contributed by atoms with E-state index >= 15 is 0 Å². The van der Waals surface area contributed by atoms with E-state index in [-0.39, 0.29) is 12.5 Å². The summed E-state index contributed by atoms with van der Waals surface area (Å²) in [6.45, 7) is 4.28. The maximum absolute atomic E-state index is 12.3. The van der Waals surface area contributed by atoms with Gasteiger partial charge in [0.05, 0.1) is 18.8 Å². The number of allylic oxidation sites excluding steroid dienone is 5. The highest BCUT2D eigenvalue weighted by Crippen LogP contribution is 2.14. The van der Waals surface area contributed by atoms with Crippen LogP contribution in [0.5, 0.6) is 0 Å². The third-order valence-corrected chi connectivity index (χ3v) is 9.35. The molecule has 3 N–H and O–H groups in total. The molecule has 0 aliphatic rings. The number of nitrogens with one attached hydrogen (secondary N) is 1. The summed E-state index contributed by atoms with van der Waals surface area (Å²) in [6.07, 6.45) is 51.0. The standard InChI is InChI=1S/C43H81NO3/c1-3-5-7-9-11-13-15-17-18-19-20-21-22-23-24-25-27-29-31-33-35-37-39-43(47)44-41(40-45)42(46)38-36-34-32-30-28-26-16-14-12-10-8-6-4-2/h22-23,28,30,36,38,41-42,45-46H,3-21,24-27,29,31-35,37,39-40H2,1-2H3,(H,44,47). The molecule has 0 heterocycles. The number of carbonyl (C=O) groups excluding carboxylic acids is 1. The van der Waals surface area contributed by atoms with Crippen molar-refractivity contribution in [1.82, 2.24) is 5.32 Å². The molecule has 0 aromatic rings. The lowest BCUT2D eigenvalue weighted by molar-refractivity contribution is -0.123. The Kier molecular flexibility index (Phi) is 37.9. The largest absolute Gasteiger partial charge is 0.394 e. The van der Waals surface area contributed by atoms with E-state index in [9.17, 15) is 15.0 Å². The lowest BCUT2D eigenvalue weighted by Crippen LogP contribution is -2.45. The number of rotatable bonds is 37. The highest BCUT2D eigenvalue weighted by molar-refractivity contribution is 5.76. The van der Waals surface area contributed by atoms with Gasteiger partial charge >= 0.3 is 0 Å². The van der Waals surface area contributed by atoms with Crippen molar-refractivity contribution in [3.63, 3.8) is 0 Å². The molecule has 276 valence electrons. The molecule has 4 nitrogen and oxygen atoms in total. The molecule has 0 aromatic heterocycles. The molecule has 0 aromatic carbocycles. The number of aliphatic hydroxyl groups excluding tert-OH is 2. The smallest absolute Gasteiger partial charge is 0.220 e. The predicted octanol–water partition coefficient (Wildman–Crippen LogP) is 12.6. The van der Waals surface area contributed by atoms with Gasteiger partial charge in [-0.15, -0.1) is 0 Å². The van der Waals surface area contributed by atoms with Gasteiger partial charge in [0.15, 0.2) is 0 Å². The highest BCUT2D eigenvalue weighted by Gasteiger charge is 2.17. The Labute approximate surface area is 293 Å². The second-order valence-corrected chi connectivity index (χ2v) is 14.0. The van der Waals surface area contributed by atoms with E-state index in [4.69, 9.17) is 0 Å². The molecular weight excluding hydrogens is 578 g/mol. The fraction of sp³-hybridized carbons (Fsp3) is 0.837. The summed E-state index contributed by atoms with van der Waals surface area (Å²) < 4.78 is 0. The molecule has 2 atom stereocenters. The highest BCUT2D eigenvalue weighted by atomic mass is 16.3. The average Bonchev–Trinajstić information content (AvgIpc) is 3.07. The minimum atomic E-state index is -0.861. The van der Waals surface area contributed by atoms with E-state index in [0.29, 0.717) is 6.42 Å². The topological polar surface area (TPSA) is 69.6 Å². The van der Waals surface area contributed by atoms with Crippen LogP contribution in [0.3, 0.4) is 0 Å². The molecular formula is C43H81NO3. The molecule has 0 radical (unpaired) electrons. The minimum Gasteiger partial charge on any atom is -0.394 e. The van der Waals surface area contributed by atoms with Crippen LogP contribution in [0.15, 0.2) is 36.5 Å². The summed E-state index contributed by atoms with van der Waals surface area (Å²) in [5, 5.41) is 22.9. The summed E-state index contributed by atoms with van der Waals surface area (Å²) in [5.41, 5.74) is 0. The third-order valence-electron chi connectivity index (χ3n) is 9.35. The van der Waals surface area contributed by atoms with Crippen molar-refractivity contribution in [2.24, 2.45) is 0 Å². The van der Waals surface area contributed by atoms with Crippen molar-refractivity contribution in [3.05, 3.63) is 36.5 Å². The van der Waals surface area contributed by atoms with Crippen molar-refractivity contribution in [1.29, 1.82) is 0 Å². The SMILES string of the molecule is CCCCCCCCCC=CCCC=CC(O)C(CO)NC(=O)CCCCCCCCCC=CCCCCCCCCCCCCC. The van der Waals surface area contributed by atoms with E-state index in [0.717, 1.165) is 32.1 Å². The molecule has 0 fully saturated rings. The van der Waals surface area contributed by atoms with Gasteiger partial charge in [0, 0.05) is 6.42 Å². The van der Waals surface area contributed by atoms with Gasteiger partial charge in [-0.2, -0.15) is 0 Å². The van der Waals surface area contributed by atoms with Crippen molar-refractivity contribution >= 4 is 5.91 Å². The van der Waals surface area contributed by atoms with E-state index in [1.54, 1.807) is 6.08 Å². The number of amides is 1. The number of aliphatic hydroxyl groups is 2. The van der Waals surface area contributed by atoms with E-state index in [1.165, 1.54) is 161 Å². The second-order valence-electron chi connectivity index (χ2n) is 14.0. The lowest BCUT2D eigenvalue weighted by atomic mass is 10.0. The van der Waals surface area contributed by atoms with Crippen molar-refractivity contribution in [2.75, 3.05) is 6.61 Å². The Morgan fingerprint density at radius 2 is 0.830 bits per heavy atom. The van der Waals surface area contributed by atoms with Crippen LogP contribution in [0.4, 0.5) is 0 Å². The molecule has 4 heteroatoms. The Bertz CT molecular complexity index is 716. The Balaban J connectivity index is 3.59. The first-order valence-electron chi connectivity index (χ1n) is 20.7. The summed E-state index contributed by atoms with van der Waals surface area (Å²) in [6, 6.07) is -0.639. The van der Waals surface area contributed by atoms with Gasteiger partial charge in [0.1, 0.15) is 0 Å². The van der Waals surface area contributed by atoms with Crippen molar-refractivity contribution in [2.45, 2.75) is 225 Å². The van der Waals surface area contributed by atoms with Crippen LogP contribution in [0.25, 0.3) is 0 Å². The number of hydrogen-bond acceptors (Lipinski definition) is 3. The second kappa shape index (κ2) is 39.1. The molecule has 0 spiro atoms. The van der Waals surface area contributed by atoms with Gasteiger partial charge in [-0.05, 0) is 57.8 Å². The molecule has 0 saturated carbocycles. The molecule has 0 aliphatic heterocycles. The van der Waals surface area contributed by atoms with Gasteiger partial charge < -0.3 is 15.5 Å². The predicted molar refractivity (Wildman–Crippen MR) is 207 cm³/mol. The third kappa shape index (κ3) is 35.7. The first kappa shape index (κ1) is 45.6. The van der Waals surface area contributed by atoms with Crippen LogP contribution in [-0.2, 0) is 4.79 Å². The van der Waals surface area contributed by atoms with Crippen LogP contribution in [-0.4, -0.2) is 34.9 Å². The van der Waals surface area contributed by atoms with Crippen LogP contribution in [0, 0.1) is 0 Å². The summed E-state index contributed by atoms with van der Waals surface area (Å²) in [5.74, 6) is -0.0789. The van der Waals surface area contributed by atoms with Gasteiger partial charge in [-0.1, -0.05) is 185 Å². The van der Waals surface area contributed by atoms with Gasteiger partial charge in [-0.25, -0.2) is 0 Å². The number of carbonyl (C=O) groups is 1. The molecule has 0 aliphatic carbocycles. The van der Waals surface area contributed by atoms with E-state index < -0.39 is 12.1 Å². The number of hydrogen-bond donors (Lipinski definition) is 3. The lowest BCUT2D eigenvalue weighted by Gasteiger charge is -2.19. The molecule has 2 unspecified atom stereocenters. The summed E-state index contributed by atoms with van der Waals surface area (Å²) >= 11 is 0. The summed E-state index contributed by atoms with van der Waals surface area (Å²) in [7, 11) is 0. The zero-order valence-electron chi connectivity index (χ0n) is 31.5. The number of unbranched alkanes of at least 4 members (excludes halogenated alkanes) is 26. The van der Waals surface area contributed by atoms with E-state index in [2.05, 4.69) is 43.5 Å². The van der Waals surface area contributed by atoms with Crippen molar-refractivity contribution < 1.29 is 15.0 Å². The molecule has 0 rings (SSSR count). The van der Waals surface area contributed by atoms with Crippen molar-refractivity contribution in [3.8, 4) is 0 Å². The molecule has 0 bridgehead atoms. The van der Waals surface area contributed by atoms with Gasteiger partial charge in [0.25, 0.3) is 0 Å². The minimum absolute atomic E-state index is 0.0789. The van der Waals surface area contributed by atoms with Crippen LogP contribution in [0.1, 0.15) is 213 Å². The van der Waals surface area contributed by atoms with Gasteiger partial charge in [0.2, 0.25) is 5.91 Å². The molecule has 47 heavy (non-hydrogen) atoms. The first-order valence-corrected chi connectivity index (χ1v) is 20.7. The fourth-order valence-corrected chi connectivity index (χ4v) is 6.13. The normalized spacial score (nSPS) is 13.4. The van der Waals surface area contributed by atoms with E-state index in [1.807, 2.05) is 6.08 Å². The maximum atomic E-state index is 12.3. The zero-order chi connectivity index (χ0) is 34.3. The quantitative estimate of drug-likeness (QED) is 0.0459. The molecule has 0 saturated heterocycles. The Morgan fingerprint density at radius 1 is 0.489 bits per heavy atom. The van der Waals surface area contributed by atoms with Crippen LogP contribution in [0.2, 0.25) is 0 Å².